The van der Waals surface area contributed by atoms with Crippen molar-refractivity contribution in [1.29, 1.82) is 0 Å². The summed E-state index contributed by atoms with van der Waals surface area (Å²) >= 11 is 6.12. The highest BCUT2D eigenvalue weighted by Gasteiger charge is 2.22. The van der Waals surface area contributed by atoms with Crippen LogP contribution in [0.2, 0.25) is 5.02 Å². The fourth-order valence-electron chi connectivity index (χ4n) is 2.75. The van der Waals surface area contributed by atoms with Gasteiger partial charge in [-0.2, -0.15) is 4.98 Å². The van der Waals surface area contributed by atoms with Gasteiger partial charge in [0.05, 0.1) is 11.6 Å². The molecule has 1 saturated heterocycles. The minimum Gasteiger partial charge on any atom is -0.362 e. The molecule has 1 aliphatic heterocycles. The highest BCUT2D eigenvalue weighted by atomic mass is 35.5. The quantitative estimate of drug-likeness (QED) is 0.914. The molecule has 106 valence electrons. The molecule has 0 bridgehead atoms. The molecule has 1 unspecified atom stereocenters. The van der Waals surface area contributed by atoms with Crippen LogP contribution in [0.4, 0.5) is 5.82 Å². The monoisotopic (exact) mass is 292 g/mol. The molecule has 0 amide bonds. The molecule has 0 spiro atoms. The third-order valence-corrected chi connectivity index (χ3v) is 3.93. The first-order valence-electron chi connectivity index (χ1n) is 6.68. The maximum atomic E-state index is 12.4. The summed E-state index contributed by atoms with van der Waals surface area (Å²) in [5.41, 5.74) is 0.645. The Morgan fingerprint density at radius 1 is 1.45 bits per heavy atom. The number of benzene rings is 1. The van der Waals surface area contributed by atoms with Gasteiger partial charge in [-0.05, 0) is 31.2 Å². The molecule has 5 nitrogen and oxygen atoms in total. The third kappa shape index (κ3) is 2.17. The molecule has 1 N–H and O–H groups in total. The van der Waals surface area contributed by atoms with Crippen LogP contribution < -0.4 is 15.9 Å². The Bertz CT molecular complexity index is 704. The molecule has 0 saturated carbocycles. The van der Waals surface area contributed by atoms with Gasteiger partial charge in [0, 0.05) is 31.0 Å². The minimum atomic E-state index is -0.211. The van der Waals surface area contributed by atoms with Gasteiger partial charge < -0.3 is 10.2 Å². The SMILES string of the molecule is CN(C)c1nc(=O)n(C2CCNC2)c2cc(Cl)ccc12. The minimum absolute atomic E-state index is 0.146. The number of rotatable bonds is 2. The number of nitrogens with zero attached hydrogens (tertiary/aromatic N) is 3. The van der Waals surface area contributed by atoms with E-state index in [0.717, 1.165) is 30.4 Å². The van der Waals surface area contributed by atoms with Gasteiger partial charge in [0.2, 0.25) is 0 Å². The van der Waals surface area contributed by atoms with E-state index in [2.05, 4.69) is 10.3 Å². The first kappa shape index (κ1) is 13.4. The number of nitrogens with one attached hydrogen (secondary N) is 1. The van der Waals surface area contributed by atoms with E-state index in [1.807, 2.05) is 37.2 Å². The van der Waals surface area contributed by atoms with Crippen molar-refractivity contribution in [2.45, 2.75) is 12.5 Å². The van der Waals surface area contributed by atoms with E-state index < -0.39 is 0 Å². The zero-order valence-corrected chi connectivity index (χ0v) is 12.3. The first-order chi connectivity index (χ1) is 9.58. The Kier molecular flexibility index (Phi) is 3.40. The van der Waals surface area contributed by atoms with Gasteiger partial charge in [0.15, 0.2) is 0 Å². The van der Waals surface area contributed by atoms with E-state index in [9.17, 15) is 4.79 Å². The Balaban J connectivity index is 2.34. The molecule has 1 atom stereocenters. The molecule has 1 fully saturated rings. The van der Waals surface area contributed by atoms with Crippen molar-refractivity contribution in [3.05, 3.63) is 33.7 Å². The Labute approximate surface area is 122 Å². The molecule has 20 heavy (non-hydrogen) atoms. The van der Waals surface area contributed by atoms with E-state index in [4.69, 9.17) is 11.6 Å². The average molecular weight is 293 g/mol. The van der Waals surface area contributed by atoms with Crippen molar-refractivity contribution >= 4 is 28.3 Å². The summed E-state index contributed by atoms with van der Waals surface area (Å²) in [6.45, 7) is 1.72. The number of halogens is 1. The molecular weight excluding hydrogens is 276 g/mol. The smallest absolute Gasteiger partial charge is 0.350 e. The van der Waals surface area contributed by atoms with E-state index in [0.29, 0.717) is 10.8 Å². The van der Waals surface area contributed by atoms with Crippen molar-refractivity contribution in [2.75, 3.05) is 32.1 Å². The van der Waals surface area contributed by atoms with Gasteiger partial charge in [-0.3, -0.25) is 4.57 Å². The van der Waals surface area contributed by atoms with E-state index in [1.165, 1.54) is 0 Å². The zero-order chi connectivity index (χ0) is 14.3. The van der Waals surface area contributed by atoms with Crippen LogP contribution in [0.15, 0.2) is 23.0 Å². The van der Waals surface area contributed by atoms with Crippen LogP contribution in [-0.2, 0) is 0 Å². The topological polar surface area (TPSA) is 50.2 Å². The standard InChI is InChI=1S/C14H17ClN4O/c1-18(2)13-11-4-3-9(15)7-12(11)19(14(20)17-13)10-5-6-16-8-10/h3-4,7,10,16H,5-6,8H2,1-2H3. The van der Waals surface area contributed by atoms with E-state index in [1.54, 1.807) is 4.57 Å². The van der Waals surface area contributed by atoms with E-state index >= 15 is 0 Å². The first-order valence-corrected chi connectivity index (χ1v) is 7.05. The van der Waals surface area contributed by atoms with Crippen LogP contribution in [0.25, 0.3) is 10.9 Å². The van der Waals surface area contributed by atoms with E-state index in [-0.39, 0.29) is 11.7 Å². The Morgan fingerprint density at radius 2 is 2.25 bits per heavy atom. The summed E-state index contributed by atoms with van der Waals surface area (Å²) in [6, 6.07) is 5.76. The fraction of sp³-hybridized carbons (Fsp3) is 0.429. The van der Waals surface area contributed by atoms with Crippen molar-refractivity contribution in [2.24, 2.45) is 0 Å². The molecule has 0 aliphatic carbocycles. The van der Waals surface area contributed by atoms with Gasteiger partial charge in [-0.1, -0.05) is 11.6 Å². The number of hydrogen-bond donors (Lipinski definition) is 1. The van der Waals surface area contributed by atoms with Crippen LogP contribution in [0.1, 0.15) is 12.5 Å². The van der Waals surface area contributed by atoms with Crippen molar-refractivity contribution in [3.8, 4) is 0 Å². The van der Waals surface area contributed by atoms with Gasteiger partial charge in [0.25, 0.3) is 0 Å². The van der Waals surface area contributed by atoms with Gasteiger partial charge >= 0.3 is 5.69 Å². The van der Waals surface area contributed by atoms with Crippen LogP contribution in [0.3, 0.4) is 0 Å². The van der Waals surface area contributed by atoms with Crippen LogP contribution >= 0.6 is 11.6 Å². The summed E-state index contributed by atoms with van der Waals surface area (Å²) in [4.78, 5) is 18.5. The predicted molar refractivity (Wildman–Crippen MR) is 81.9 cm³/mol. The lowest BCUT2D eigenvalue weighted by Gasteiger charge is -2.20. The zero-order valence-electron chi connectivity index (χ0n) is 11.6. The molecule has 3 rings (SSSR count). The van der Waals surface area contributed by atoms with Crippen molar-refractivity contribution < 1.29 is 0 Å². The summed E-state index contributed by atoms with van der Waals surface area (Å²) in [7, 11) is 3.77. The summed E-state index contributed by atoms with van der Waals surface area (Å²) in [5, 5.41) is 4.87. The maximum absolute atomic E-state index is 12.4. The van der Waals surface area contributed by atoms with Crippen LogP contribution in [0.5, 0.6) is 0 Å². The highest BCUT2D eigenvalue weighted by Crippen LogP contribution is 2.27. The second kappa shape index (κ2) is 5.07. The molecule has 2 aromatic rings. The van der Waals surface area contributed by atoms with Crippen LogP contribution in [-0.4, -0.2) is 36.7 Å². The van der Waals surface area contributed by atoms with Crippen molar-refractivity contribution in [3.63, 3.8) is 0 Å². The summed E-state index contributed by atoms with van der Waals surface area (Å²) in [5.74, 6) is 0.684. The normalized spacial score (nSPS) is 18.6. The lowest BCUT2D eigenvalue weighted by atomic mass is 10.2. The summed E-state index contributed by atoms with van der Waals surface area (Å²) < 4.78 is 1.77. The third-order valence-electron chi connectivity index (χ3n) is 3.69. The summed E-state index contributed by atoms with van der Waals surface area (Å²) in [6.07, 6.45) is 0.935. The molecule has 1 aromatic heterocycles. The predicted octanol–water partition coefficient (Wildman–Crippen LogP) is 1.65. The number of hydrogen-bond acceptors (Lipinski definition) is 4. The largest absolute Gasteiger partial charge is 0.362 e. The fourth-order valence-corrected chi connectivity index (χ4v) is 2.92. The number of fused-ring (bicyclic) bond motifs is 1. The maximum Gasteiger partial charge on any atom is 0.350 e. The lowest BCUT2D eigenvalue weighted by Crippen LogP contribution is -2.30. The second-order valence-corrected chi connectivity index (χ2v) is 5.73. The highest BCUT2D eigenvalue weighted by molar-refractivity contribution is 6.31. The Morgan fingerprint density at radius 3 is 2.90 bits per heavy atom. The van der Waals surface area contributed by atoms with Gasteiger partial charge in [-0.25, -0.2) is 4.79 Å². The second-order valence-electron chi connectivity index (χ2n) is 5.29. The Hall–Kier alpha value is -1.59. The van der Waals surface area contributed by atoms with Gasteiger partial charge in [0.1, 0.15) is 5.82 Å². The van der Waals surface area contributed by atoms with Gasteiger partial charge in [-0.15, -0.1) is 0 Å². The average Bonchev–Trinajstić information content (AvgIpc) is 2.90. The molecule has 1 aromatic carbocycles. The molecule has 1 aliphatic rings. The lowest BCUT2D eigenvalue weighted by molar-refractivity contribution is 0.537. The molecule has 6 heteroatoms. The van der Waals surface area contributed by atoms with Crippen LogP contribution in [0, 0.1) is 0 Å². The number of anilines is 1. The molecule has 2 heterocycles. The van der Waals surface area contributed by atoms with Crippen molar-refractivity contribution in [1.82, 2.24) is 14.9 Å². The molecule has 0 radical (unpaired) electrons. The molecular formula is C14H17ClN4O. The number of aromatic nitrogens is 2.